The van der Waals surface area contributed by atoms with Crippen molar-refractivity contribution in [3.05, 3.63) is 46.8 Å². The van der Waals surface area contributed by atoms with Crippen LogP contribution in [0.5, 0.6) is 0 Å². The fourth-order valence-corrected chi connectivity index (χ4v) is 6.49. The number of amides is 2. The molecule has 2 amide bonds. The Morgan fingerprint density at radius 3 is 2.77 bits per heavy atom. The van der Waals surface area contributed by atoms with E-state index in [-0.39, 0.29) is 24.9 Å². The fourth-order valence-electron chi connectivity index (χ4n) is 3.53. The Labute approximate surface area is 187 Å². The highest BCUT2D eigenvalue weighted by Crippen LogP contribution is 2.28. The van der Waals surface area contributed by atoms with Crippen molar-refractivity contribution in [1.82, 2.24) is 9.21 Å². The van der Waals surface area contributed by atoms with Crippen molar-refractivity contribution in [3.63, 3.8) is 0 Å². The minimum Gasteiger partial charge on any atom is -0.336 e. The molecular weight excluding hydrogens is 434 g/mol. The van der Waals surface area contributed by atoms with Gasteiger partial charge in [-0.1, -0.05) is 12.0 Å². The van der Waals surface area contributed by atoms with Crippen LogP contribution in [0.3, 0.4) is 0 Å². The summed E-state index contributed by atoms with van der Waals surface area (Å²) in [6, 6.07) is 10.3. The van der Waals surface area contributed by atoms with Crippen LogP contribution in [0.25, 0.3) is 0 Å². The SMILES string of the molecule is C#Cc1cccc(NC(=O)CN(C)C(=O)C2CCCN(S(=O)(=O)c3ccc(C)s3)C2)c1. The third-order valence-corrected chi connectivity index (χ3v) is 8.45. The number of likely N-dealkylation sites (N-methyl/N-ethyl adjacent to an activating group) is 1. The number of rotatable bonds is 6. The number of benzene rings is 1. The molecule has 1 saturated heterocycles. The van der Waals surface area contributed by atoms with Crippen molar-refractivity contribution in [2.75, 3.05) is 32.0 Å². The maximum absolute atomic E-state index is 12.9. The molecule has 1 aliphatic rings. The van der Waals surface area contributed by atoms with Gasteiger partial charge in [0, 0.05) is 36.3 Å². The van der Waals surface area contributed by atoms with E-state index < -0.39 is 15.9 Å². The molecule has 1 aliphatic heterocycles. The van der Waals surface area contributed by atoms with Gasteiger partial charge < -0.3 is 10.2 Å². The number of thiophene rings is 1. The second-order valence-corrected chi connectivity index (χ2v) is 11.0. The molecule has 1 aromatic carbocycles. The molecule has 0 spiro atoms. The lowest BCUT2D eigenvalue weighted by atomic mass is 9.98. The Balaban J connectivity index is 1.61. The summed E-state index contributed by atoms with van der Waals surface area (Å²) >= 11 is 1.23. The summed E-state index contributed by atoms with van der Waals surface area (Å²) in [6.07, 6.45) is 6.55. The Bertz CT molecular complexity index is 1120. The zero-order valence-corrected chi connectivity index (χ0v) is 19.1. The number of terminal acetylenes is 1. The van der Waals surface area contributed by atoms with Gasteiger partial charge in [-0.25, -0.2) is 8.42 Å². The number of sulfonamides is 1. The van der Waals surface area contributed by atoms with Gasteiger partial charge in [0.15, 0.2) is 0 Å². The number of hydrogen-bond donors (Lipinski definition) is 1. The van der Waals surface area contributed by atoms with Crippen molar-refractivity contribution in [2.45, 2.75) is 24.0 Å². The summed E-state index contributed by atoms with van der Waals surface area (Å²) < 4.78 is 27.5. The largest absolute Gasteiger partial charge is 0.336 e. The van der Waals surface area contributed by atoms with Gasteiger partial charge in [0.25, 0.3) is 10.0 Å². The Morgan fingerprint density at radius 1 is 1.32 bits per heavy atom. The second-order valence-electron chi connectivity index (χ2n) is 7.53. The molecule has 1 unspecified atom stereocenters. The number of nitrogens with zero attached hydrogens (tertiary/aromatic N) is 2. The number of piperidine rings is 1. The third-order valence-electron chi connectivity index (χ3n) is 5.11. The van der Waals surface area contributed by atoms with E-state index in [0.29, 0.717) is 34.8 Å². The highest BCUT2D eigenvalue weighted by molar-refractivity contribution is 7.91. The highest BCUT2D eigenvalue weighted by atomic mass is 32.2. The van der Waals surface area contributed by atoms with Crippen LogP contribution < -0.4 is 5.32 Å². The summed E-state index contributed by atoms with van der Waals surface area (Å²) in [6.45, 7) is 2.23. The lowest BCUT2D eigenvalue weighted by molar-refractivity contribution is -0.138. The molecule has 1 aromatic heterocycles. The summed E-state index contributed by atoms with van der Waals surface area (Å²) in [5, 5.41) is 2.73. The number of carbonyl (C=O) groups is 2. The van der Waals surface area contributed by atoms with E-state index in [1.165, 1.54) is 20.5 Å². The van der Waals surface area contributed by atoms with Gasteiger partial charge in [0.1, 0.15) is 4.21 Å². The molecule has 164 valence electrons. The number of carbonyl (C=O) groups excluding carboxylic acids is 2. The van der Waals surface area contributed by atoms with Crippen LogP contribution in [-0.4, -0.2) is 56.1 Å². The van der Waals surface area contributed by atoms with Crippen molar-refractivity contribution in [2.24, 2.45) is 5.92 Å². The van der Waals surface area contributed by atoms with Gasteiger partial charge in [-0.3, -0.25) is 9.59 Å². The zero-order chi connectivity index (χ0) is 22.6. The van der Waals surface area contributed by atoms with Gasteiger partial charge in [-0.2, -0.15) is 4.31 Å². The molecule has 7 nitrogen and oxygen atoms in total. The summed E-state index contributed by atoms with van der Waals surface area (Å²) in [7, 11) is -2.07. The average molecular weight is 460 g/mol. The van der Waals surface area contributed by atoms with Gasteiger partial charge in [0.2, 0.25) is 11.8 Å². The normalized spacial score (nSPS) is 17.0. The van der Waals surface area contributed by atoms with E-state index in [1.807, 2.05) is 6.92 Å². The van der Waals surface area contributed by atoms with Gasteiger partial charge >= 0.3 is 0 Å². The highest BCUT2D eigenvalue weighted by Gasteiger charge is 2.35. The lowest BCUT2D eigenvalue weighted by Crippen LogP contribution is -2.47. The second kappa shape index (κ2) is 9.64. The first-order chi connectivity index (χ1) is 14.7. The predicted octanol–water partition coefficient (Wildman–Crippen LogP) is 2.54. The standard InChI is InChI=1S/C22H25N3O4S2/c1-4-17-7-5-9-19(13-17)23-20(26)15-24(3)22(27)18-8-6-12-25(14-18)31(28,29)21-11-10-16(2)30-21/h1,5,7,9-11,13,18H,6,8,12,14-15H2,2-3H3,(H,23,26). The number of nitrogens with one attached hydrogen (secondary N) is 1. The predicted molar refractivity (Wildman–Crippen MR) is 121 cm³/mol. The quantitative estimate of drug-likeness (QED) is 0.673. The molecule has 3 rings (SSSR count). The van der Waals surface area contributed by atoms with E-state index >= 15 is 0 Å². The molecule has 1 fully saturated rings. The van der Waals surface area contributed by atoms with Gasteiger partial charge in [0.05, 0.1) is 12.5 Å². The van der Waals surface area contributed by atoms with E-state index in [2.05, 4.69) is 11.2 Å². The van der Waals surface area contributed by atoms with Crippen LogP contribution in [0, 0.1) is 25.2 Å². The first-order valence-corrected chi connectivity index (χ1v) is 12.1. The Hall–Kier alpha value is -2.67. The number of hydrogen-bond acceptors (Lipinski definition) is 5. The molecule has 0 radical (unpaired) electrons. The van der Waals surface area contributed by atoms with Crippen molar-refractivity contribution in [3.8, 4) is 12.3 Å². The maximum atomic E-state index is 12.9. The summed E-state index contributed by atoms with van der Waals surface area (Å²) in [5.41, 5.74) is 1.20. The molecule has 1 N–H and O–H groups in total. The molecule has 0 aliphatic carbocycles. The minimum atomic E-state index is -3.62. The van der Waals surface area contributed by atoms with Crippen molar-refractivity contribution in [1.29, 1.82) is 0 Å². The molecule has 1 atom stereocenters. The molecule has 2 heterocycles. The average Bonchev–Trinajstić information content (AvgIpc) is 3.20. The van der Waals surface area contributed by atoms with Crippen LogP contribution >= 0.6 is 11.3 Å². The monoisotopic (exact) mass is 459 g/mol. The van der Waals surface area contributed by atoms with E-state index in [4.69, 9.17) is 6.42 Å². The first kappa shape index (κ1) is 23.0. The van der Waals surface area contributed by atoms with Gasteiger partial charge in [-0.05, 0) is 50.1 Å². The van der Waals surface area contributed by atoms with Crippen molar-refractivity contribution >= 4 is 38.9 Å². The van der Waals surface area contributed by atoms with Gasteiger partial charge in [-0.15, -0.1) is 17.8 Å². The molecule has 2 aromatic rings. The third kappa shape index (κ3) is 5.53. The number of aryl methyl sites for hydroxylation is 1. The zero-order valence-electron chi connectivity index (χ0n) is 17.5. The maximum Gasteiger partial charge on any atom is 0.252 e. The van der Waals surface area contributed by atoms with E-state index in [0.717, 1.165) is 4.88 Å². The van der Waals surface area contributed by atoms with E-state index in [1.54, 1.807) is 43.4 Å². The van der Waals surface area contributed by atoms with Crippen LogP contribution in [0.1, 0.15) is 23.3 Å². The molecule has 0 saturated carbocycles. The molecule has 31 heavy (non-hydrogen) atoms. The Kier molecular flexibility index (Phi) is 7.15. The van der Waals surface area contributed by atoms with Crippen molar-refractivity contribution < 1.29 is 18.0 Å². The van der Waals surface area contributed by atoms with Crippen LogP contribution in [0.15, 0.2) is 40.6 Å². The Morgan fingerprint density at radius 2 is 2.10 bits per heavy atom. The smallest absolute Gasteiger partial charge is 0.252 e. The fraction of sp³-hybridized carbons (Fsp3) is 0.364. The summed E-state index contributed by atoms with van der Waals surface area (Å²) in [5.74, 6) is 1.43. The molecular formula is C22H25N3O4S2. The minimum absolute atomic E-state index is 0.119. The summed E-state index contributed by atoms with van der Waals surface area (Å²) in [4.78, 5) is 27.5. The lowest BCUT2D eigenvalue weighted by Gasteiger charge is -2.32. The van der Waals surface area contributed by atoms with Crippen LogP contribution in [0.4, 0.5) is 5.69 Å². The topological polar surface area (TPSA) is 86.8 Å². The van der Waals surface area contributed by atoms with Crippen LogP contribution in [0.2, 0.25) is 0 Å². The molecule has 9 heteroatoms. The van der Waals surface area contributed by atoms with E-state index in [9.17, 15) is 18.0 Å². The molecule has 0 bridgehead atoms. The first-order valence-electron chi connectivity index (χ1n) is 9.89. The van der Waals surface area contributed by atoms with Crippen LogP contribution in [-0.2, 0) is 19.6 Å². The number of anilines is 1.